The highest BCUT2D eigenvalue weighted by molar-refractivity contribution is 7.80. The van der Waals surface area contributed by atoms with Crippen LogP contribution in [0.1, 0.15) is 86.7 Å². The van der Waals surface area contributed by atoms with Gasteiger partial charge in [-0.2, -0.15) is 5.26 Å². The molecule has 0 unspecified atom stereocenters. The van der Waals surface area contributed by atoms with E-state index in [4.69, 9.17) is 9.47 Å². The van der Waals surface area contributed by atoms with Crippen LogP contribution in [0.25, 0.3) is 0 Å². The summed E-state index contributed by atoms with van der Waals surface area (Å²) < 4.78 is 9.95. The maximum atomic E-state index is 11.8. The Balaban J connectivity index is 0.000000288. The van der Waals surface area contributed by atoms with Gasteiger partial charge in [0.2, 0.25) is 0 Å². The Hall–Kier alpha value is -3.26. The molecule has 3 fully saturated rings. The molecule has 3 heterocycles. The van der Waals surface area contributed by atoms with E-state index < -0.39 is 11.6 Å². The molecule has 250 valence electrons. The van der Waals surface area contributed by atoms with Crippen LogP contribution in [0.2, 0.25) is 0 Å². The molecule has 0 radical (unpaired) electrons. The van der Waals surface area contributed by atoms with Gasteiger partial charge in [0.05, 0.1) is 18.2 Å². The number of carbonyl (C=O) groups excluding carboxylic acids is 2. The molecule has 0 atom stereocenters. The van der Waals surface area contributed by atoms with Crippen molar-refractivity contribution in [3.05, 3.63) is 59.2 Å². The van der Waals surface area contributed by atoms with E-state index in [1.165, 1.54) is 45.1 Å². The fraction of sp³-hybridized carbons (Fsp3) is 0.583. The molecule has 3 aliphatic heterocycles. The summed E-state index contributed by atoms with van der Waals surface area (Å²) in [6.45, 7) is 13.0. The Morgan fingerprint density at radius 1 is 1.00 bits per heavy atom. The van der Waals surface area contributed by atoms with Gasteiger partial charge in [0.1, 0.15) is 11.7 Å². The van der Waals surface area contributed by atoms with Crippen LogP contribution in [0.5, 0.6) is 0 Å². The van der Waals surface area contributed by atoms with Crippen molar-refractivity contribution < 1.29 is 19.1 Å². The van der Waals surface area contributed by atoms with Crippen molar-refractivity contribution in [3.63, 3.8) is 0 Å². The third-order valence-electron chi connectivity index (χ3n) is 9.01. The molecular weight excluding hydrogens is 598 g/mol. The molecule has 2 N–H and O–H groups in total. The van der Waals surface area contributed by atoms with Gasteiger partial charge in [0, 0.05) is 36.3 Å². The van der Waals surface area contributed by atoms with Crippen molar-refractivity contribution in [1.29, 1.82) is 5.26 Å². The molecule has 0 aromatic heterocycles. The van der Waals surface area contributed by atoms with Gasteiger partial charge in [-0.25, -0.2) is 9.59 Å². The maximum absolute atomic E-state index is 11.8. The smallest absolute Gasteiger partial charge is 0.407 e. The highest BCUT2D eigenvalue weighted by Gasteiger charge is 2.26. The highest BCUT2D eigenvalue weighted by Crippen LogP contribution is 2.31. The molecule has 1 amide bonds. The summed E-state index contributed by atoms with van der Waals surface area (Å²) in [4.78, 5) is 29.2. The molecule has 5 rings (SSSR count). The zero-order valence-corrected chi connectivity index (χ0v) is 28.8. The molecule has 9 nitrogen and oxygen atoms in total. The Morgan fingerprint density at radius 3 is 2.30 bits per heavy atom. The van der Waals surface area contributed by atoms with Crippen molar-refractivity contribution in [2.24, 2.45) is 5.92 Å². The van der Waals surface area contributed by atoms with Gasteiger partial charge >= 0.3 is 12.1 Å². The van der Waals surface area contributed by atoms with E-state index in [1.807, 2.05) is 39.0 Å². The van der Waals surface area contributed by atoms with E-state index >= 15 is 0 Å². The average molecular weight is 650 g/mol. The molecule has 10 heteroatoms. The highest BCUT2D eigenvalue weighted by atomic mass is 32.1. The fourth-order valence-corrected chi connectivity index (χ4v) is 6.75. The number of rotatable bonds is 6. The van der Waals surface area contributed by atoms with E-state index in [0.717, 1.165) is 62.4 Å². The number of anilines is 1. The summed E-state index contributed by atoms with van der Waals surface area (Å²) in [5.41, 5.74) is 2.75. The second-order valence-corrected chi connectivity index (χ2v) is 14.1. The van der Waals surface area contributed by atoms with Crippen LogP contribution in [0, 0.1) is 17.2 Å². The van der Waals surface area contributed by atoms with E-state index in [1.54, 1.807) is 6.07 Å². The summed E-state index contributed by atoms with van der Waals surface area (Å²) in [7, 11) is 1.34. The maximum Gasteiger partial charge on any atom is 0.407 e. The van der Waals surface area contributed by atoms with Crippen LogP contribution in [0.15, 0.2) is 47.4 Å². The molecular formula is C36H51N5O4S. The number of piperidine rings is 3. The minimum absolute atomic E-state index is 0.270. The first-order valence-corrected chi connectivity index (χ1v) is 17.1. The van der Waals surface area contributed by atoms with Gasteiger partial charge in [0.15, 0.2) is 0 Å². The SMILES string of the molecule is CC(C)(C)OC(=O)NC1CCNCC1.COC(=O)c1ccc(N2CCC(CN3CCC(c4cccc(S)c4)CC3)CC2)cc1C#N. The third kappa shape index (κ3) is 10.9. The number of hydrogen-bond acceptors (Lipinski definition) is 9. The van der Waals surface area contributed by atoms with Crippen molar-refractivity contribution in [1.82, 2.24) is 15.5 Å². The first-order chi connectivity index (χ1) is 22.0. The van der Waals surface area contributed by atoms with Gasteiger partial charge < -0.3 is 29.9 Å². The number of benzene rings is 2. The van der Waals surface area contributed by atoms with Crippen LogP contribution in [0.3, 0.4) is 0 Å². The van der Waals surface area contributed by atoms with Crippen LogP contribution in [0.4, 0.5) is 10.5 Å². The molecule has 2 aromatic carbocycles. The molecule has 0 saturated carbocycles. The van der Waals surface area contributed by atoms with E-state index in [0.29, 0.717) is 23.0 Å². The second-order valence-electron chi connectivity index (χ2n) is 13.6. The van der Waals surface area contributed by atoms with Crippen LogP contribution in [-0.2, 0) is 9.47 Å². The minimum Gasteiger partial charge on any atom is -0.465 e. The number of alkyl carbamates (subject to hydrolysis) is 1. The predicted octanol–water partition coefficient (Wildman–Crippen LogP) is 5.99. The molecule has 0 bridgehead atoms. The molecule has 2 aromatic rings. The lowest BCUT2D eigenvalue weighted by molar-refractivity contribution is 0.0494. The lowest BCUT2D eigenvalue weighted by Gasteiger charge is -2.38. The van der Waals surface area contributed by atoms with E-state index in [9.17, 15) is 14.9 Å². The van der Waals surface area contributed by atoms with Gasteiger partial charge in [-0.05, 0) is 133 Å². The Bertz CT molecular complexity index is 1330. The van der Waals surface area contributed by atoms with Gasteiger partial charge in [-0.15, -0.1) is 12.6 Å². The fourth-order valence-electron chi connectivity index (χ4n) is 6.52. The average Bonchev–Trinajstić information content (AvgIpc) is 3.04. The van der Waals surface area contributed by atoms with Crippen molar-refractivity contribution in [3.8, 4) is 6.07 Å². The third-order valence-corrected chi connectivity index (χ3v) is 9.29. The van der Waals surface area contributed by atoms with Crippen molar-refractivity contribution in [2.45, 2.75) is 81.8 Å². The predicted molar refractivity (Wildman–Crippen MR) is 185 cm³/mol. The molecule has 3 saturated heterocycles. The normalized spacial score (nSPS) is 18.6. The van der Waals surface area contributed by atoms with Crippen molar-refractivity contribution >= 4 is 30.4 Å². The Morgan fingerprint density at radius 2 is 1.70 bits per heavy atom. The number of thiol groups is 1. The number of methoxy groups -OCH3 is 1. The summed E-state index contributed by atoms with van der Waals surface area (Å²) in [5, 5.41) is 15.5. The number of carbonyl (C=O) groups is 2. The van der Waals surface area contributed by atoms with Crippen LogP contribution in [-0.4, -0.2) is 81.5 Å². The Labute approximate surface area is 280 Å². The van der Waals surface area contributed by atoms with Gasteiger partial charge in [-0.3, -0.25) is 0 Å². The molecule has 0 aliphatic carbocycles. The zero-order valence-electron chi connectivity index (χ0n) is 27.9. The molecule has 46 heavy (non-hydrogen) atoms. The number of likely N-dealkylation sites (tertiary alicyclic amines) is 1. The Kier molecular flexibility index (Phi) is 13.2. The topological polar surface area (TPSA) is 107 Å². The number of amides is 1. The number of ether oxygens (including phenoxy) is 2. The standard InChI is InChI=1S/C26H31N3O2S.C10H20N2O2/c1-31-26(30)25-6-5-23(15-22(25)17-27)29-13-7-19(8-14-29)18-28-11-9-20(10-12-28)21-3-2-4-24(32)16-21;1-10(2,3)14-9(13)12-8-4-6-11-7-5-8/h2-6,15-16,19-20,32H,7-14,18H2,1H3;8,11H,4-7H2,1-3H3,(H,12,13). The molecule has 3 aliphatic rings. The number of hydrogen-bond donors (Lipinski definition) is 3. The quantitative estimate of drug-likeness (QED) is 0.259. The minimum atomic E-state index is -0.464. The van der Waals surface area contributed by atoms with Gasteiger partial charge in [0.25, 0.3) is 0 Å². The van der Waals surface area contributed by atoms with Gasteiger partial charge in [-0.1, -0.05) is 12.1 Å². The lowest BCUT2D eigenvalue weighted by Crippen LogP contribution is -2.44. The number of nitrogens with zero attached hydrogens (tertiary/aromatic N) is 3. The number of esters is 1. The first kappa shape index (κ1) is 35.6. The van der Waals surface area contributed by atoms with Crippen LogP contribution >= 0.6 is 12.6 Å². The lowest BCUT2D eigenvalue weighted by atomic mass is 9.88. The largest absolute Gasteiger partial charge is 0.465 e. The number of nitrogens with one attached hydrogen (secondary N) is 2. The number of nitriles is 1. The first-order valence-electron chi connectivity index (χ1n) is 16.6. The zero-order chi connectivity index (χ0) is 33.1. The monoisotopic (exact) mass is 649 g/mol. The summed E-state index contributed by atoms with van der Waals surface area (Å²) in [6, 6.07) is 16.5. The molecule has 0 spiro atoms. The van der Waals surface area contributed by atoms with E-state index in [2.05, 4.69) is 57.3 Å². The summed E-state index contributed by atoms with van der Waals surface area (Å²) in [6.07, 6.45) is 6.42. The van der Waals surface area contributed by atoms with Crippen molar-refractivity contribution in [2.75, 3.05) is 57.8 Å². The second kappa shape index (κ2) is 17.1. The summed E-state index contributed by atoms with van der Waals surface area (Å²) in [5.74, 6) is 0.907. The van der Waals surface area contributed by atoms with E-state index in [-0.39, 0.29) is 12.1 Å². The van der Waals surface area contributed by atoms with Crippen LogP contribution < -0.4 is 15.5 Å². The summed E-state index contributed by atoms with van der Waals surface area (Å²) >= 11 is 4.49.